The third-order valence-electron chi connectivity index (χ3n) is 5.53. The lowest BCUT2D eigenvalue weighted by Crippen LogP contribution is -2.44. The molecule has 3 aliphatic rings. The van der Waals surface area contributed by atoms with Gasteiger partial charge in [0.25, 0.3) is 5.91 Å². The summed E-state index contributed by atoms with van der Waals surface area (Å²) in [7, 11) is 0. The van der Waals surface area contributed by atoms with Crippen LogP contribution in [0.5, 0.6) is 0 Å². The average molecular weight is 394 g/mol. The standard InChI is InChI=1S/C18H19N5O.2ClH/c24-17-15(8-12-9-20-16-13(12)2-1-5-19-16)22-18(23-17)21-14-7-10-3-4-11(14)6-10;;/h1-2,5,8-11,14H,3-4,6-7H2,(H,19,20)(H2,21,22,23,24);2*1H/t10-,11-,14+;;/m0../s1. The van der Waals surface area contributed by atoms with E-state index in [4.69, 9.17) is 0 Å². The molecule has 0 aromatic carbocycles. The van der Waals surface area contributed by atoms with E-state index in [0.29, 0.717) is 17.7 Å². The van der Waals surface area contributed by atoms with Crippen molar-refractivity contribution in [1.29, 1.82) is 0 Å². The summed E-state index contributed by atoms with van der Waals surface area (Å²) in [6, 6.07) is 4.33. The number of carbonyl (C=O) groups is 1. The van der Waals surface area contributed by atoms with Crippen molar-refractivity contribution in [2.24, 2.45) is 16.8 Å². The molecule has 26 heavy (non-hydrogen) atoms. The number of aliphatic imine (C=N–C) groups is 1. The number of aromatic nitrogens is 2. The molecule has 3 heterocycles. The van der Waals surface area contributed by atoms with Crippen molar-refractivity contribution in [1.82, 2.24) is 20.6 Å². The van der Waals surface area contributed by atoms with Crippen LogP contribution in [0.1, 0.15) is 31.2 Å². The molecule has 6 nitrogen and oxygen atoms in total. The highest BCUT2D eigenvalue weighted by Crippen LogP contribution is 2.44. The first-order chi connectivity index (χ1) is 11.8. The van der Waals surface area contributed by atoms with Gasteiger partial charge in [-0.3, -0.25) is 10.1 Å². The van der Waals surface area contributed by atoms with Gasteiger partial charge in [-0.15, -0.1) is 24.8 Å². The van der Waals surface area contributed by atoms with Gasteiger partial charge in [-0.1, -0.05) is 6.42 Å². The number of carbonyl (C=O) groups excluding carboxylic acids is 1. The first-order valence-corrected chi connectivity index (χ1v) is 8.56. The molecule has 0 spiro atoms. The highest BCUT2D eigenvalue weighted by Gasteiger charge is 2.40. The summed E-state index contributed by atoms with van der Waals surface area (Å²) < 4.78 is 0. The zero-order valence-corrected chi connectivity index (χ0v) is 15.7. The fraction of sp³-hybridized carbons (Fsp3) is 0.389. The van der Waals surface area contributed by atoms with Gasteiger partial charge in [0, 0.05) is 29.4 Å². The average Bonchev–Trinajstić information content (AvgIpc) is 3.34. The van der Waals surface area contributed by atoms with Gasteiger partial charge in [-0.05, 0) is 49.3 Å². The Balaban J connectivity index is 0.000000980. The van der Waals surface area contributed by atoms with Crippen LogP contribution in [-0.4, -0.2) is 27.9 Å². The monoisotopic (exact) mass is 393 g/mol. The summed E-state index contributed by atoms with van der Waals surface area (Å²) in [5, 5.41) is 7.29. The highest BCUT2D eigenvalue weighted by atomic mass is 35.5. The van der Waals surface area contributed by atoms with E-state index in [2.05, 4.69) is 25.6 Å². The lowest BCUT2D eigenvalue weighted by Gasteiger charge is -2.23. The van der Waals surface area contributed by atoms with Crippen LogP contribution in [0.3, 0.4) is 0 Å². The molecule has 5 rings (SSSR count). The summed E-state index contributed by atoms with van der Waals surface area (Å²) in [5.74, 6) is 2.04. The van der Waals surface area contributed by atoms with E-state index in [1.54, 1.807) is 6.20 Å². The lowest BCUT2D eigenvalue weighted by atomic mass is 9.95. The summed E-state index contributed by atoms with van der Waals surface area (Å²) in [5.41, 5.74) is 2.17. The van der Waals surface area contributed by atoms with Gasteiger partial charge in [0.05, 0.1) is 0 Å². The van der Waals surface area contributed by atoms with Crippen LogP contribution in [-0.2, 0) is 4.79 Å². The van der Waals surface area contributed by atoms with Gasteiger partial charge >= 0.3 is 0 Å². The Morgan fingerprint density at radius 3 is 2.88 bits per heavy atom. The third kappa shape index (κ3) is 3.19. The smallest absolute Gasteiger partial charge is 0.276 e. The Kier molecular flexibility index (Phi) is 5.25. The lowest BCUT2D eigenvalue weighted by molar-refractivity contribution is -0.115. The molecule has 2 bridgehead atoms. The second-order valence-corrected chi connectivity index (χ2v) is 7.01. The van der Waals surface area contributed by atoms with E-state index in [1.165, 1.54) is 25.7 Å². The minimum Gasteiger partial charge on any atom is -0.353 e. The fourth-order valence-electron chi connectivity index (χ4n) is 4.38. The summed E-state index contributed by atoms with van der Waals surface area (Å²) >= 11 is 0. The van der Waals surface area contributed by atoms with E-state index < -0.39 is 0 Å². The number of H-pyrrole nitrogens is 1. The van der Waals surface area contributed by atoms with Gasteiger partial charge in [-0.25, -0.2) is 9.98 Å². The molecule has 2 aromatic rings. The molecule has 1 amide bonds. The second kappa shape index (κ2) is 7.29. The van der Waals surface area contributed by atoms with Crippen molar-refractivity contribution < 1.29 is 4.79 Å². The number of nitrogens with one attached hydrogen (secondary N) is 3. The molecule has 3 atom stereocenters. The SMILES string of the molecule is Cl.Cl.O=C1NC(N[C@@H]2C[C@H]3CC[C@H]2C3)=NC1=Cc1c[nH]c2ncccc12. The predicted octanol–water partition coefficient (Wildman–Crippen LogP) is 3.01. The molecule has 0 radical (unpaired) electrons. The van der Waals surface area contributed by atoms with Gasteiger partial charge in [-0.2, -0.15) is 0 Å². The molecule has 1 aliphatic heterocycles. The van der Waals surface area contributed by atoms with Crippen molar-refractivity contribution in [3.8, 4) is 0 Å². The number of amides is 1. The molecule has 2 fully saturated rings. The Bertz CT molecular complexity index is 891. The van der Waals surface area contributed by atoms with Crippen molar-refractivity contribution in [3.63, 3.8) is 0 Å². The molecular formula is C18H21Cl2N5O. The van der Waals surface area contributed by atoms with Crippen molar-refractivity contribution in [2.75, 3.05) is 0 Å². The molecule has 0 unspecified atom stereocenters. The number of aromatic amines is 1. The molecule has 2 aromatic heterocycles. The number of rotatable bonds is 2. The van der Waals surface area contributed by atoms with Gasteiger partial charge in [0.2, 0.25) is 5.96 Å². The normalized spacial score (nSPS) is 27.8. The maximum atomic E-state index is 12.2. The quantitative estimate of drug-likeness (QED) is 0.685. The van der Waals surface area contributed by atoms with Gasteiger partial charge in [0.1, 0.15) is 11.3 Å². The fourth-order valence-corrected chi connectivity index (χ4v) is 4.38. The van der Waals surface area contributed by atoms with Gasteiger partial charge < -0.3 is 10.3 Å². The molecule has 0 saturated heterocycles. The van der Waals surface area contributed by atoms with Crippen LogP contribution in [0.2, 0.25) is 0 Å². The van der Waals surface area contributed by atoms with E-state index in [9.17, 15) is 4.79 Å². The first kappa shape index (κ1) is 18.7. The Labute approximate surface area is 163 Å². The predicted molar refractivity (Wildman–Crippen MR) is 107 cm³/mol. The Hall–Kier alpha value is -2.05. The van der Waals surface area contributed by atoms with Crippen molar-refractivity contribution in [3.05, 3.63) is 35.8 Å². The zero-order valence-electron chi connectivity index (χ0n) is 14.1. The van der Waals surface area contributed by atoms with Crippen molar-refractivity contribution >= 4 is 53.8 Å². The van der Waals surface area contributed by atoms with Gasteiger partial charge in [0.15, 0.2) is 0 Å². The van der Waals surface area contributed by atoms with E-state index in [0.717, 1.165) is 28.4 Å². The number of halogens is 2. The van der Waals surface area contributed by atoms with Crippen LogP contribution in [0, 0.1) is 11.8 Å². The summed E-state index contributed by atoms with van der Waals surface area (Å²) in [6.45, 7) is 0. The van der Waals surface area contributed by atoms with Crippen LogP contribution < -0.4 is 10.6 Å². The molecule has 2 aliphatic carbocycles. The van der Waals surface area contributed by atoms with Crippen molar-refractivity contribution in [2.45, 2.75) is 31.7 Å². The van der Waals surface area contributed by atoms with Crippen LogP contribution in [0.25, 0.3) is 17.1 Å². The Morgan fingerprint density at radius 1 is 1.23 bits per heavy atom. The van der Waals surface area contributed by atoms with E-state index in [-0.39, 0.29) is 30.7 Å². The molecule has 138 valence electrons. The Morgan fingerprint density at radius 2 is 2.12 bits per heavy atom. The minimum atomic E-state index is -0.154. The molecule has 3 N–H and O–H groups in total. The highest BCUT2D eigenvalue weighted by molar-refractivity contribution is 6.14. The number of hydrogen-bond donors (Lipinski definition) is 3. The number of guanidine groups is 1. The molecular weight excluding hydrogens is 373 g/mol. The summed E-state index contributed by atoms with van der Waals surface area (Å²) in [6.07, 6.45) is 10.6. The minimum absolute atomic E-state index is 0. The van der Waals surface area contributed by atoms with Crippen LogP contribution in [0.4, 0.5) is 0 Å². The number of nitrogens with zero attached hydrogens (tertiary/aromatic N) is 2. The number of pyridine rings is 1. The van der Waals surface area contributed by atoms with E-state index >= 15 is 0 Å². The second-order valence-electron chi connectivity index (χ2n) is 7.01. The topological polar surface area (TPSA) is 82.2 Å². The number of fused-ring (bicyclic) bond motifs is 3. The summed E-state index contributed by atoms with van der Waals surface area (Å²) in [4.78, 5) is 24.1. The van der Waals surface area contributed by atoms with Crippen LogP contribution >= 0.6 is 24.8 Å². The first-order valence-electron chi connectivity index (χ1n) is 8.56. The molecule has 2 saturated carbocycles. The molecule has 8 heteroatoms. The van der Waals surface area contributed by atoms with E-state index in [1.807, 2.05) is 24.4 Å². The maximum Gasteiger partial charge on any atom is 0.276 e. The third-order valence-corrected chi connectivity index (χ3v) is 5.53. The van der Waals surface area contributed by atoms with Crippen LogP contribution in [0.15, 0.2) is 35.2 Å². The number of hydrogen-bond acceptors (Lipinski definition) is 4. The zero-order chi connectivity index (χ0) is 16.1. The maximum absolute atomic E-state index is 12.2. The largest absolute Gasteiger partial charge is 0.353 e.